The van der Waals surface area contributed by atoms with E-state index in [1.165, 1.54) is 40.4 Å². The lowest BCUT2D eigenvalue weighted by Gasteiger charge is -2.04. The minimum atomic E-state index is -0.0836. The summed E-state index contributed by atoms with van der Waals surface area (Å²) in [6.07, 6.45) is 9.17. The Balaban J connectivity index is 1.30. The van der Waals surface area contributed by atoms with E-state index in [9.17, 15) is 9.59 Å². The Morgan fingerprint density at radius 1 is 0.575 bits per heavy atom. The van der Waals surface area contributed by atoms with Crippen LogP contribution in [0.25, 0.3) is 29.3 Å². The number of carbonyl (C=O) groups is 2. The van der Waals surface area contributed by atoms with Crippen molar-refractivity contribution >= 4 is 57.3 Å². The summed E-state index contributed by atoms with van der Waals surface area (Å²) in [7, 11) is 0. The van der Waals surface area contributed by atoms with E-state index in [1.807, 2.05) is 59.2 Å². The van der Waals surface area contributed by atoms with Gasteiger partial charge in [0.2, 0.25) is 0 Å². The molecule has 0 atom stereocenters. The van der Waals surface area contributed by atoms with Gasteiger partial charge in [0, 0.05) is 42.1 Å². The zero-order valence-electron chi connectivity index (χ0n) is 23.4. The maximum absolute atomic E-state index is 11.5. The molecule has 0 fully saturated rings. The van der Waals surface area contributed by atoms with Crippen LogP contribution in [0.1, 0.15) is 76.3 Å². The van der Waals surface area contributed by atoms with E-state index >= 15 is 0 Å². The number of esters is 2. The monoisotopic (exact) mass is 614 g/mol. The van der Waals surface area contributed by atoms with Crippen molar-refractivity contribution < 1.29 is 19.1 Å². The molecule has 0 amide bonds. The van der Waals surface area contributed by atoms with E-state index in [0.29, 0.717) is 26.1 Å². The Labute approximate surface area is 254 Å². The Bertz CT molecular complexity index is 1240. The van der Waals surface area contributed by atoms with Crippen LogP contribution in [0.4, 0.5) is 0 Å². The molecule has 4 heterocycles. The molecule has 0 saturated carbocycles. The van der Waals surface area contributed by atoms with Crippen molar-refractivity contribution in [1.82, 2.24) is 0 Å². The Morgan fingerprint density at radius 3 is 1.43 bits per heavy atom. The third-order valence-corrected chi connectivity index (χ3v) is 11.3. The van der Waals surface area contributed by atoms with Crippen LogP contribution in [0, 0.1) is 0 Å². The van der Waals surface area contributed by atoms with Crippen LogP contribution in [0.15, 0.2) is 47.2 Å². The normalized spacial score (nSPS) is 11.2. The molecule has 4 rings (SSSR count). The van der Waals surface area contributed by atoms with Gasteiger partial charge in [-0.25, -0.2) is 0 Å². The van der Waals surface area contributed by atoms with Gasteiger partial charge in [0.15, 0.2) is 0 Å². The molecule has 40 heavy (non-hydrogen) atoms. The zero-order valence-corrected chi connectivity index (χ0v) is 26.6. The maximum Gasteiger partial charge on any atom is 0.305 e. The fourth-order valence-electron chi connectivity index (χ4n) is 4.67. The third kappa shape index (κ3) is 8.87. The lowest BCUT2D eigenvalue weighted by atomic mass is 10.1. The van der Waals surface area contributed by atoms with Gasteiger partial charge in [-0.15, -0.1) is 45.3 Å². The molecule has 0 bridgehead atoms. The van der Waals surface area contributed by atoms with Crippen molar-refractivity contribution in [3.8, 4) is 29.3 Å². The van der Waals surface area contributed by atoms with Crippen LogP contribution in [0.5, 0.6) is 0 Å². The molecule has 0 saturated heterocycles. The molecule has 8 heteroatoms. The molecule has 214 valence electrons. The number of thiophene rings is 4. The predicted molar refractivity (Wildman–Crippen MR) is 172 cm³/mol. The molecule has 4 nitrogen and oxygen atoms in total. The van der Waals surface area contributed by atoms with E-state index < -0.39 is 0 Å². The first-order valence-corrected chi connectivity index (χ1v) is 17.6. The molecular formula is C32H38O4S4. The van der Waals surface area contributed by atoms with Gasteiger partial charge in [-0.1, -0.05) is 12.8 Å². The second-order valence-electron chi connectivity index (χ2n) is 9.61. The molecule has 0 aliphatic carbocycles. The Morgan fingerprint density at radius 2 is 1.00 bits per heavy atom. The number of carbonyl (C=O) groups excluding carboxylic acids is 2. The predicted octanol–water partition coefficient (Wildman–Crippen LogP) is 10.3. The fraction of sp³-hybridized carbons (Fsp3) is 0.438. The second kappa shape index (κ2) is 16.2. The summed E-state index contributed by atoms with van der Waals surface area (Å²) in [4.78, 5) is 31.1. The van der Waals surface area contributed by atoms with Crippen molar-refractivity contribution in [2.75, 3.05) is 13.2 Å². The molecule has 0 spiro atoms. The number of unbranched alkanes of at least 4 members (excludes halogenated alkanes) is 4. The van der Waals surface area contributed by atoms with Gasteiger partial charge in [-0.05, 0) is 111 Å². The summed E-state index contributed by atoms with van der Waals surface area (Å²) < 4.78 is 10.1. The number of hydrogen-bond acceptors (Lipinski definition) is 8. The zero-order chi connectivity index (χ0) is 28.2. The van der Waals surface area contributed by atoms with Crippen molar-refractivity contribution in [3.05, 3.63) is 58.3 Å². The summed E-state index contributed by atoms with van der Waals surface area (Å²) in [6.45, 7) is 4.63. The minimum absolute atomic E-state index is 0.0836. The smallest absolute Gasteiger partial charge is 0.305 e. The fourth-order valence-corrected chi connectivity index (χ4v) is 9.01. The van der Waals surface area contributed by atoms with E-state index in [1.54, 1.807) is 0 Å². The van der Waals surface area contributed by atoms with Crippen molar-refractivity contribution in [3.63, 3.8) is 0 Å². The number of hydrogen-bond donors (Lipinski definition) is 0. The lowest BCUT2D eigenvalue weighted by Crippen LogP contribution is -2.03. The van der Waals surface area contributed by atoms with Crippen LogP contribution in [-0.2, 0) is 31.9 Å². The first-order valence-electron chi connectivity index (χ1n) is 14.2. The number of rotatable bonds is 17. The summed E-state index contributed by atoms with van der Waals surface area (Å²) >= 11 is 7.40. The summed E-state index contributed by atoms with van der Waals surface area (Å²) in [6, 6.07) is 13.6. The van der Waals surface area contributed by atoms with Crippen LogP contribution in [0.3, 0.4) is 0 Å². The van der Waals surface area contributed by atoms with E-state index in [0.717, 1.165) is 51.4 Å². The molecule has 4 aromatic rings. The molecule has 0 aromatic carbocycles. The Kier molecular flexibility index (Phi) is 12.5. The first-order chi connectivity index (χ1) is 19.6. The van der Waals surface area contributed by atoms with Crippen LogP contribution >= 0.6 is 45.3 Å². The van der Waals surface area contributed by atoms with Crippen molar-refractivity contribution in [2.24, 2.45) is 0 Å². The second-order valence-corrected chi connectivity index (χ2v) is 13.6. The van der Waals surface area contributed by atoms with Crippen molar-refractivity contribution in [2.45, 2.75) is 78.1 Å². The summed E-state index contributed by atoms with van der Waals surface area (Å²) in [5, 5.41) is 4.39. The largest absolute Gasteiger partial charge is 0.466 e. The van der Waals surface area contributed by atoms with Crippen LogP contribution in [0.2, 0.25) is 0 Å². The van der Waals surface area contributed by atoms with Gasteiger partial charge >= 0.3 is 11.9 Å². The molecule has 0 N–H and O–H groups in total. The maximum atomic E-state index is 11.5. The quantitative estimate of drug-likeness (QED) is 0.0877. The van der Waals surface area contributed by atoms with E-state index in [4.69, 9.17) is 9.47 Å². The number of ether oxygens (including phenoxy) is 2. The molecule has 4 aromatic heterocycles. The van der Waals surface area contributed by atoms with Gasteiger partial charge in [0.1, 0.15) is 0 Å². The Hall–Kier alpha value is -2.26. The highest BCUT2D eigenvalue weighted by atomic mass is 32.1. The average Bonchev–Trinajstić information content (AvgIpc) is 3.75. The third-order valence-electron chi connectivity index (χ3n) is 6.66. The van der Waals surface area contributed by atoms with Gasteiger partial charge < -0.3 is 9.47 Å². The van der Waals surface area contributed by atoms with Gasteiger partial charge in [0.25, 0.3) is 0 Å². The SMILES string of the molecule is CCOC(=O)CCCCCc1ccsc1-c1ccc(-c2ccc(-c3sccc3CCCCCC(=O)OCC)s2)s1. The van der Waals surface area contributed by atoms with E-state index in [2.05, 4.69) is 47.2 Å². The highest BCUT2D eigenvalue weighted by molar-refractivity contribution is 7.28. The highest BCUT2D eigenvalue weighted by Gasteiger charge is 2.15. The molecule has 0 radical (unpaired) electrons. The molecule has 0 aliphatic rings. The molecule has 0 unspecified atom stereocenters. The molecule has 0 aliphatic heterocycles. The van der Waals surface area contributed by atoms with E-state index in [-0.39, 0.29) is 11.9 Å². The van der Waals surface area contributed by atoms with Crippen LogP contribution < -0.4 is 0 Å². The van der Waals surface area contributed by atoms with Gasteiger partial charge in [-0.3, -0.25) is 9.59 Å². The van der Waals surface area contributed by atoms with Crippen molar-refractivity contribution in [1.29, 1.82) is 0 Å². The van der Waals surface area contributed by atoms with Crippen LogP contribution in [-0.4, -0.2) is 25.2 Å². The highest BCUT2D eigenvalue weighted by Crippen LogP contribution is 2.44. The topological polar surface area (TPSA) is 52.6 Å². The molecular weight excluding hydrogens is 577 g/mol. The minimum Gasteiger partial charge on any atom is -0.466 e. The number of aryl methyl sites for hydroxylation is 2. The van der Waals surface area contributed by atoms with Gasteiger partial charge in [0.05, 0.1) is 13.2 Å². The first kappa shape index (κ1) is 30.7. The summed E-state index contributed by atoms with van der Waals surface area (Å²) in [5.74, 6) is -0.167. The van der Waals surface area contributed by atoms with Gasteiger partial charge in [-0.2, -0.15) is 0 Å². The standard InChI is InChI=1S/C32H38O4S4/c1-3-35-29(33)13-9-5-7-11-23-19-21-37-31(23)27-17-15-25(39-27)26-16-18-28(40-26)32-24(20-22-38-32)12-8-6-10-14-30(34)36-4-2/h15-22H,3-14H2,1-2H3. The lowest BCUT2D eigenvalue weighted by molar-refractivity contribution is -0.144. The summed E-state index contributed by atoms with van der Waals surface area (Å²) in [5.41, 5.74) is 2.82. The average molecular weight is 615 g/mol.